The molecule has 3 rings (SSSR count). The molecule has 2 aromatic rings. The minimum Gasteiger partial charge on any atom is -0.486 e. The summed E-state index contributed by atoms with van der Waals surface area (Å²) in [5.41, 5.74) is 3.70. The third-order valence-electron chi connectivity index (χ3n) is 4.13. The van der Waals surface area contributed by atoms with E-state index in [-0.39, 0.29) is 6.04 Å². The smallest absolute Gasteiger partial charge is 0.161 e. The number of anilines is 1. The van der Waals surface area contributed by atoms with Gasteiger partial charge >= 0.3 is 0 Å². The van der Waals surface area contributed by atoms with Crippen LogP contribution >= 0.6 is 0 Å². The second-order valence-electron chi connectivity index (χ2n) is 6.07. The third kappa shape index (κ3) is 3.77. The van der Waals surface area contributed by atoms with E-state index in [0.29, 0.717) is 13.2 Å². The van der Waals surface area contributed by atoms with Gasteiger partial charge in [-0.25, -0.2) is 0 Å². The van der Waals surface area contributed by atoms with Crippen LogP contribution in [0.2, 0.25) is 0 Å². The van der Waals surface area contributed by atoms with E-state index in [2.05, 4.69) is 67.6 Å². The molecule has 0 bridgehead atoms. The molecule has 1 unspecified atom stereocenters. The van der Waals surface area contributed by atoms with Gasteiger partial charge in [0.2, 0.25) is 0 Å². The Bertz CT molecular complexity index is 653. The molecule has 0 fully saturated rings. The molecule has 0 aliphatic carbocycles. The molecule has 0 aromatic heterocycles. The summed E-state index contributed by atoms with van der Waals surface area (Å²) in [5.74, 6) is 1.68. The van der Waals surface area contributed by atoms with Crippen molar-refractivity contribution in [3.8, 4) is 11.5 Å². The van der Waals surface area contributed by atoms with Crippen LogP contribution in [0.3, 0.4) is 0 Å². The molecule has 0 saturated heterocycles. The first kappa shape index (κ1) is 15.7. The van der Waals surface area contributed by atoms with Crippen molar-refractivity contribution >= 4 is 5.69 Å². The van der Waals surface area contributed by atoms with E-state index < -0.39 is 0 Å². The van der Waals surface area contributed by atoms with Crippen molar-refractivity contribution in [2.75, 3.05) is 32.2 Å². The summed E-state index contributed by atoms with van der Waals surface area (Å²) in [4.78, 5) is 2.11. The number of nitrogens with one attached hydrogen (secondary N) is 1. The van der Waals surface area contributed by atoms with Gasteiger partial charge in [0.25, 0.3) is 0 Å². The third-order valence-corrected chi connectivity index (χ3v) is 4.13. The molecule has 4 nitrogen and oxygen atoms in total. The number of rotatable bonds is 5. The molecule has 0 saturated carbocycles. The molecule has 2 aromatic carbocycles. The van der Waals surface area contributed by atoms with Gasteiger partial charge < -0.3 is 19.7 Å². The Morgan fingerprint density at radius 3 is 2.39 bits per heavy atom. The predicted molar refractivity (Wildman–Crippen MR) is 93.5 cm³/mol. The highest BCUT2D eigenvalue weighted by molar-refractivity contribution is 5.46. The Balaban J connectivity index is 1.61. The molecule has 1 N–H and O–H groups in total. The fourth-order valence-electron chi connectivity index (χ4n) is 2.63. The van der Waals surface area contributed by atoms with Gasteiger partial charge in [0.1, 0.15) is 13.2 Å². The number of fused-ring (bicyclic) bond motifs is 1. The maximum absolute atomic E-state index is 5.66. The fraction of sp³-hybridized carbons (Fsp3) is 0.368. The summed E-state index contributed by atoms with van der Waals surface area (Å²) in [6, 6.07) is 15.0. The van der Waals surface area contributed by atoms with Gasteiger partial charge in [-0.05, 0) is 42.3 Å². The van der Waals surface area contributed by atoms with E-state index in [1.807, 2.05) is 6.07 Å². The molecule has 1 atom stereocenters. The van der Waals surface area contributed by atoms with Gasteiger partial charge in [-0.1, -0.05) is 18.2 Å². The van der Waals surface area contributed by atoms with E-state index in [1.165, 1.54) is 16.8 Å². The zero-order valence-corrected chi connectivity index (χ0v) is 14.0. The number of hydrogen-bond acceptors (Lipinski definition) is 4. The van der Waals surface area contributed by atoms with Gasteiger partial charge in [-0.3, -0.25) is 0 Å². The van der Waals surface area contributed by atoms with Crippen molar-refractivity contribution in [3.63, 3.8) is 0 Å². The highest BCUT2D eigenvalue weighted by atomic mass is 16.6. The lowest BCUT2D eigenvalue weighted by atomic mass is 10.1. The summed E-state index contributed by atoms with van der Waals surface area (Å²) in [5, 5.41) is 3.56. The van der Waals surface area contributed by atoms with Crippen molar-refractivity contribution in [3.05, 3.63) is 53.6 Å². The minimum atomic E-state index is 0.249. The molecule has 0 spiro atoms. The van der Waals surface area contributed by atoms with Crippen LogP contribution < -0.4 is 19.7 Å². The van der Waals surface area contributed by atoms with Gasteiger partial charge in [0.15, 0.2) is 11.5 Å². The largest absolute Gasteiger partial charge is 0.486 e. The van der Waals surface area contributed by atoms with Gasteiger partial charge in [-0.2, -0.15) is 0 Å². The normalized spacial score (nSPS) is 14.4. The standard InChI is InChI=1S/C19H24N2O2/c1-14(16-6-9-18-19(12-16)23-11-10-22-18)20-13-15-4-7-17(8-5-15)21(2)3/h4-9,12,14,20H,10-11,13H2,1-3H3. The highest BCUT2D eigenvalue weighted by Crippen LogP contribution is 2.32. The van der Waals surface area contributed by atoms with Crippen molar-refractivity contribution in [2.24, 2.45) is 0 Å². The Kier molecular flexibility index (Phi) is 4.72. The summed E-state index contributed by atoms with van der Waals surface area (Å²) in [6.07, 6.45) is 0. The average molecular weight is 312 g/mol. The molecule has 0 radical (unpaired) electrons. The van der Waals surface area contributed by atoms with Crippen molar-refractivity contribution < 1.29 is 9.47 Å². The Morgan fingerprint density at radius 2 is 1.70 bits per heavy atom. The van der Waals surface area contributed by atoms with Crippen molar-refractivity contribution in [2.45, 2.75) is 19.5 Å². The van der Waals surface area contributed by atoms with E-state index >= 15 is 0 Å². The zero-order chi connectivity index (χ0) is 16.2. The molecular weight excluding hydrogens is 288 g/mol. The monoisotopic (exact) mass is 312 g/mol. The second kappa shape index (κ2) is 6.92. The van der Waals surface area contributed by atoms with Crippen LogP contribution in [0, 0.1) is 0 Å². The van der Waals surface area contributed by atoms with Crippen molar-refractivity contribution in [1.82, 2.24) is 5.32 Å². The zero-order valence-electron chi connectivity index (χ0n) is 14.0. The number of benzene rings is 2. The van der Waals surface area contributed by atoms with Crippen LogP contribution in [0.15, 0.2) is 42.5 Å². The molecule has 1 aliphatic heterocycles. The average Bonchev–Trinajstić information content (AvgIpc) is 2.59. The molecule has 0 amide bonds. The predicted octanol–water partition coefficient (Wildman–Crippen LogP) is 3.37. The molecule has 23 heavy (non-hydrogen) atoms. The Morgan fingerprint density at radius 1 is 1.00 bits per heavy atom. The molecular formula is C19H24N2O2. The van der Waals surface area contributed by atoms with Crippen LogP contribution in [0.25, 0.3) is 0 Å². The van der Waals surface area contributed by atoms with E-state index in [0.717, 1.165) is 18.0 Å². The topological polar surface area (TPSA) is 33.7 Å². The summed E-state index contributed by atoms with van der Waals surface area (Å²) < 4.78 is 11.2. The second-order valence-corrected chi connectivity index (χ2v) is 6.07. The van der Waals surface area contributed by atoms with Gasteiger partial charge in [-0.15, -0.1) is 0 Å². The van der Waals surface area contributed by atoms with Crippen LogP contribution in [-0.2, 0) is 6.54 Å². The Hall–Kier alpha value is -2.20. The number of ether oxygens (including phenoxy) is 2. The number of hydrogen-bond donors (Lipinski definition) is 1. The summed E-state index contributed by atoms with van der Waals surface area (Å²) in [7, 11) is 4.11. The summed E-state index contributed by atoms with van der Waals surface area (Å²) >= 11 is 0. The van der Waals surface area contributed by atoms with E-state index in [4.69, 9.17) is 9.47 Å². The van der Waals surface area contributed by atoms with Crippen LogP contribution in [0.4, 0.5) is 5.69 Å². The maximum atomic E-state index is 5.66. The van der Waals surface area contributed by atoms with E-state index in [9.17, 15) is 0 Å². The quantitative estimate of drug-likeness (QED) is 0.918. The Labute approximate surface area is 138 Å². The lowest BCUT2D eigenvalue weighted by molar-refractivity contribution is 0.171. The molecule has 1 aliphatic rings. The minimum absolute atomic E-state index is 0.249. The lowest BCUT2D eigenvalue weighted by Crippen LogP contribution is -2.19. The van der Waals surface area contributed by atoms with E-state index in [1.54, 1.807) is 0 Å². The SMILES string of the molecule is CC(NCc1ccc(N(C)C)cc1)c1ccc2c(c1)OCCO2. The van der Waals surface area contributed by atoms with Crippen LogP contribution in [-0.4, -0.2) is 27.3 Å². The van der Waals surface area contributed by atoms with Gasteiger partial charge in [0, 0.05) is 32.4 Å². The number of nitrogens with zero attached hydrogens (tertiary/aromatic N) is 1. The van der Waals surface area contributed by atoms with Crippen LogP contribution in [0.1, 0.15) is 24.1 Å². The first-order chi connectivity index (χ1) is 11.1. The first-order valence-electron chi connectivity index (χ1n) is 8.02. The molecule has 4 heteroatoms. The molecule has 1 heterocycles. The van der Waals surface area contributed by atoms with Gasteiger partial charge in [0.05, 0.1) is 0 Å². The lowest BCUT2D eigenvalue weighted by Gasteiger charge is -2.21. The first-order valence-corrected chi connectivity index (χ1v) is 8.02. The maximum Gasteiger partial charge on any atom is 0.161 e. The fourth-order valence-corrected chi connectivity index (χ4v) is 2.63. The van der Waals surface area contributed by atoms with Crippen LogP contribution in [0.5, 0.6) is 11.5 Å². The highest BCUT2D eigenvalue weighted by Gasteiger charge is 2.14. The molecule has 122 valence electrons. The van der Waals surface area contributed by atoms with Crippen molar-refractivity contribution in [1.29, 1.82) is 0 Å². The summed E-state index contributed by atoms with van der Waals surface area (Å²) in [6.45, 7) is 4.25.